The summed E-state index contributed by atoms with van der Waals surface area (Å²) in [5.41, 5.74) is 1.76. The third-order valence-corrected chi connectivity index (χ3v) is 4.73. The zero-order chi connectivity index (χ0) is 22.6. The molecule has 0 aromatic heterocycles. The van der Waals surface area contributed by atoms with Crippen molar-refractivity contribution >= 4 is 11.9 Å². The van der Waals surface area contributed by atoms with E-state index in [-0.39, 0.29) is 18.3 Å². The van der Waals surface area contributed by atoms with Gasteiger partial charge in [-0.2, -0.15) is 0 Å². The van der Waals surface area contributed by atoms with Crippen LogP contribution in [0.3, 0.4) is 0 Å². The Bertz CT molecular complexity index is 858. The van der Waals surface area contributed by atoms with Crippen molar-refractivity contribution in [2.75, 3.05) is 20.8 Å². The Morgan fingerprint density at radius 2 is 1.65 bits per heavy atom. The molecule has 8 heteroatoms. The lowest BCUT2D eigenvalue weighted by molar-refractivity contribution is -0.123. The molecule has 0 aliphatic rings. The SMILES string of the molecule is CCCC(NC(=O)NCc1ccc(F)cc1)C(=O)NCCc1ccc(OC)c(OC)c1. The second kappa shape index (κ2) is 12.4. The second-order valence-corrected chi connectivity index (χ2v) is 7.03. The van der Waals surface area contributed by atoms with Crippen LogP contribution in [-0.2, 0) is 17.8 Å². The van der Waals surface area contributed by atoms with Crippen LogP contribution >= 0.6 is 0 Å². The fraction of sp³-hybridized carbons (Fsp3) is 0.391. The number of hydrogen-bond acceptors (Lipinski definition) is 4. The Morgan fingerprint density at radius 1 is 0.968 bits per heavy atom. The number of carbonyl (C=O) groups is 2. The van der Waals surface area contributed by atoms with Gasteiger partial charge in [-0.15, -0.1) is 0 Å². The smallest absolute Gasteiger partial charge is 0.315 e. The molecule has 3 amide bonds. The largest absolute Gasteiger partial charge is 0.493 e. The van der Waals surface area contributed by atoms with Gasteiger partial charge in [0.05, 0.1) is 14.2 Å². The topological polar surface area (TPSA) is 88.7 Å². The van der Waals surface area contributed by atoms with Gasteiger partial charge >= 0.3 is 6.03 Å². The van der Waals surface area contributed by atoms with Crippen LogP contribution in [0.15, 0.2) is 42.5 Å². The standard InChI is InChI=1S/C23H30FN3O4/c1-4-5-19(27-23(29)26-15-17-6-9-18(24)10-7-17)22(28)25-13-12-16-8-11-20(30-2)21(14-16)31-3/h6-11,14,19H,4-5,12-13,15H2,1-3H3,(H,25,28)(H2,26,27,29). The van der Waals surface area contributed by atoms with Gasteiger partial charge in [0, 0.05) is 13.1 Å². The predicted octanol–water partition coefficient (Wildman–Crippen LogP) is 3.17. The molecular formula is C23H30FN3O4. The van der Waals surface area contributed by atoms with Crippen LogP contribution in [-0.4, -0.2) is 38.7 Å². The summed E-state index contributed by atoms with van der Waals surface area (Å²) in [5.74, 6) is 0.712. The van der Waals surface area contributed by atoms with Crippen LogP contribution in [0.2, 0.25) is 0 Å². The number of urea groups is 1. The molecular weight excluding hydrogens is 401 g/mol. The Hall–Kier alpha value is -3.29. The first-order valence-electron chi connectivity index (χ1n) is 10.2. The predicted molar refractivity (Wildman–Crippen MR) is 117 cm³/mol. The highest BCUT2D eigenvalue weighted by Gasteiger charge is 2.19. The summed E-state index contributed by atoms with van der Waals surface area (Å²) in [5, 5.41) is 8.27. The molecule has 0 heterocycles. The van der Waals surface area contributed by atoms with E-state index >= 15 is 0 Å². The van der Waals surface area contributed by atoms with Crippen LogP contribution in [0.5, 0.6) is 11.5 Å². The molecule has 1 unspecified atom stereocenters. The summed E-state index contributed by atoms with van der Waals surface area (Å²) in [6.07, 6.45) is 1.87. The Kier molecular flexibility index (Phi) is 9.61. The van der Waals surface area contributed by atoms with Gasteiger partial charge in [-0.3, -0.25) is 4.79 Å². The fourth-order valence-corrected chi connectivity index (χ4v) is 3.04. The normalized spacial score (nSPS) is 11.4. The molecule has 0 saturated heterocycles. The maximum absolute atomic E-state index is 13.0. The molecule has 0 aliphatic carbocycles. The number of nitrogens with one attached hydrogen (secondary N) is 3. The van der Waals surface area contributed by atoms with Crippen molar-refractivity contribution in [1.82, 2.24) is 16.0 Å². The minimum absolute atomic E-state index is 0.237. The molecule has 2 aromatic rings. The zero-order valence-electron chi connectivity index (χ0n) is 18.2. The fourth-order valence-electron chi connectivity index (χ4n) is 3.04. The number of benzene rings is 2. The lowest BCUT2D eigenvalue weighted by atomic mass is 10.1. The number of rotatable bonds is 11. The van der Waals surface area contributed by atoms with Gasteiger partial charge in [-0.05, 0) is 48.2 Å². The average Bonchev–Trinajstić information content (AvgIpc) is 2.78. The molecule has 2 aromatic carbocycles. The Morgan fingerprint density at radius 3 is 2.29 bits per heavy atom. The molecule has 0 fully saturated rings. The van der Waals surface area contributed by atoms with Gasteiger partial charge < -0.3 is 25.4 Å². The molecule has 0 bridgehead atoms. The van der Waals surface area contributed by atoms with Crippen molar-refractivity contribution in [3.63, 3.8) is 0 Å². The maximum Gasteiger partial charge on any atom is 0.315 e. The summed E-state index contributed by atoms with van der Waals surface area (Å²) < 4.78 is 23.5. The van der Waals surface area contributed by atoms with Crippen molar-refractivity contribution in [1.29, 1.82) is 0 Å². The summed E-state index contributed by atoms with van der Waals surface area (Å²) in [4.78, 5) is 24.8. The maximum atomic E-state index is 13.0. The third kappa shape index (κ3) is 7.81. The number of amides is 3. The molecule has 0 aliphatic heterocycles. The lowest BCUT2D eigenvalue weighted by Gasteiger charge is -2.18. The monoisotopic (exact) mass is 431 g/mol. The van der Waals surface area contributed by atoms with E-state index in [0.717, 1.165) is 17.5 Å². The first-order valence-corrected chi connectivity index (χ1v) is 10.2. The zero-order valence-corrected chi connectivity index (χ0v) is 18.2. The van der Waals surface area contributed by atoms with Gasteiger partial charge in [0.1, 0.15) is 11.9 Å². The highest BCUT2D eigenvalue weighted by Crippen LogP contribution is 2.27. The highest BCUT2D eigenvalue weighted by molar-refractivity contribution is 5.86. The van der Waals surface area contributed by atoms with E-state index in [4.69, 9.17) is 9.47 Å². The van der Waals surface area contributed by atoms with Gasteiger partial charge in [0.15, 0.2) is 11.5 Å². The molecule has 7 nitrogen and oxygen atoms in total. The molecule has 2 rings (SSSR count). The van der Waals surface area contributed by atoms with E-state index in [1.165, 1.54) is 12.1 Å². The number of ether oxygens (including phenoxy) is 2. The second-order valence-electron chi connectivity index (χ2n) is 7.03. The van der Waals surface area contributed by atoms with Gasteiger partial charge in [0.25, 0.3) is 0 Å². The van der Waals surface area contributed by atoms with Crippen LogP contribution < -0.4 is 25.4 Å². The first-order chi connectivity index (χ1) is 15.0. The van der Waals surface area contributed by atoms with Crippen LogP contribution in [0.1, 0.15) is 30.9 Å². The Labute approximate surface area is 182 Å². The minimum atomic E-state index is -0.636. The van der Waals surface area contributed by atoms with E-state index in [2.05, 4.69) is 16.0 Å². The van der Waals surface area contributed by atoms with Crippen molar-refractivity contribution in [2.45, 2.75) is 38.8 Å². The summed E-state index contributed by atoms with van der Waals surface area (Å²) in [6.45, 7) is 2.61. The van der Waals surface area contributed by atoms with Crippen molar-refractivity contribution in [3.8, 4) is 11.5 Å². The molecule has 3 N–H and O–H groups in total. The first kappa shape index (κ1) is 24.0. The summed E-state index contributed by atoms with van der Waals surface area (Å²) >= 11 is 0. The van der Waals surface area contributed by atoms with Crippen LogP contribution in [0.25, 0.3) is 0 Å². The van der Waals surface area contributed by atoms with E-state index in [0.29, 0.717) is 30.9 Å². The van der Waals surface area contributed by atoms with Crippen molar-refractivity contribution in [3.05, 3.63) is 59.4 Å². The molecule has 1 atom stereocenters. The minimum Gasteiger partial charge on any atom is -0.493 e. The van der Waals surface area contributed by atoms with E-state index in [9.17, 15) is 14.0 Å². The van der Waals surface area contributed by atoms with E-state index < -0.39 is 12.1 Å². The molecule has 0 radical (unpaired) electrons. The lowest BCUT2D eigenvalue weighted by Crippen LogP contribution is -2.50. The van der Waals surface area contributed by atoms with E-state index in [1.54, 1.807) is 26.4 Å². The average molecular weight is 432 g/mol. The molecule has 0 saturated carbocycles. The van der Waals surface area contributed by atoms with Crippen LogP contribution in [0.4, 0.5) is 9.18 Å². The summed E-state index contributed by atoms with van der Waals surface area (Å²) in [7, 11) is 3.15. The molecule has 168 valence electrons. The van der Waals surface area contributed by atoms with E-state index in [1.807, 2.05) is 25.1 Å². The highest BCUT2D eigenvalue weighted by atomic mass is 19.1. The van der Waals surface area contributed by atoms with Gasteiger partial charge in [0.2, 0.25) is 5.91 Å². The van der Waals surface area contributed by atoms with Crippen molar-refractivity contribution in [2.24, 2.45) is 0 Å². The number of halogens is 1. The van der Waals surface area contributed by atoms with Crippen LogP contribution in [0, 0.1) is 5.82 Å². The number of methoxy groups -OCH3 is 2. The van der Waals surface area contributed by atoms with Gasteiger partial charge in [-0.1, -0.05) is 31.5 Å². The van der Waals surface area contributed by atoms with Gasteiger partial charge in [-0.25, -0.2) is 9.18 Å². The quantitative estimate of drug-likeness (QED) is 0.510. The third-order valence-electron chi connectivity index (χ3n) is 4.73. The van der Waals surface area contributed by atoms with Crippen molar-refractivity contribution < 1.29 is 23.5 Å². The summed E-state index contributed by atoms with van der Waals surface area (Å²) in [6, 6.07) is 10.4. The Balaban J connectivity index is 1.82. The number of hydrogen-bond donors (Lipinski definition) is 3. The molecule has 0 spiro atoms. The number of carbonyl (C=O) groups excluding carboxylic acids is 2. The molecule has 31 heavy (non-hydrogen) atoms.